The first-order valence-corrected chi connectivity index (χ1v) is 9.65. The predicted molar refractivity (Wildman–Crippen MR) is 102 cm³/mol. The van der Waals surface area contributed by atoms with Crippen LogP contribution in [0.25, 0.3) is 0 Å². The van der Waals surface area contributed by atoms with Crippen molar-refractivity contribution in [1.29, 1.82) is 0 Å². The van der Waals surface area contributed by atoms with Crippen molar-refractivity contribution in [1.82, 2.24) is 4.72 Å². The van der Waals surface area contributed by atoms with E-state index < -0.39 is 15.6 Å². The van der Waals surface area contributed by atoms with E-state index >= 15 is 0 Å². The van der Waals surface area contributed by atoms with Gasteiger partial charge in [0.25, 0.3) is 0 Å². The number of hydrogen-bond acceptors (Lipinski definition) is 6. The van der Waals surface area contributed by atoms with Gasteiger partial charge < -0.3 is 18.9 Å². The molecule has 7 nitrogen and oxygen atoms in total. The second-order valence-electron chi connectivity index (χ2n) is 6.32. The van der Waals surface area contributed by atoms with E-state index in [9.17, 15) is 8.42 Å². The average Bonchev–Trinajstić information content (AvgIpc) is 2.65. The first-order valence-electron chi connectivity index (χ1n) is 8.17. The molecule has 0 unspecified atom stereocenters. The summed E-state index contributed by atoms with van der Waals surface area (Å²) in [5, 5.41) is 0. The second kappa shape index (κ2) is 8.06. The highest BCUT2D eigenvalue weighted by molar-refractivity contribution is 7.89. The zero-order valence-electron chi connectivity index (χ0n) is 16.3. The van der Waals surface area contributed by atoms with Crippen LogP contribution in [-0.4, -0.2) is 36.9 Å². The molecule has 0 bridgehead atoms. The zero-order valence-corrected chi connectivity index (χ0v) is 17.1. The summed E-state index contributed by atoms with van der Waals surface area (Å²) in [6.07, 6.45) is 0. The van der Waals surface area contributed by atoms with Gasteiger partial charge >= 0.3 is 0 Å². The smallest absolute Gasteiger partial charge is 0.241 e. The van der Waals surface area contributed by atoms with Crippen LogP contribution in [0.5, 0.6) is 23.0 Å². The average molecular weight is 395 g/mol. The van der Waals surface area contributed by atoms with Gasteiger partial charge in [0.05, 0.1) is 38.9 Å². The highest BCUT2D eigenvalue weighted by Gasteiger charge is 2.29. The third-order valence-electron chi connectivity index (χ3n) is 4.16. The van der Waals surface area contributed by atoms with Gasteiger partial charge in [0.2, 0.25) is 10.0 Å². The van der Waals surface area contributed by atoms with Crippen LogP contribution in [0.3, 0.4) is 0 Å². The summed E-state index contributed by atoms with van der Waals surface area (Å²) in [5.74, 6) is 1.88. The van der Waals surface area contributed by atoms with Gasteiger partial charge in [-0.1, -0.05) is 6.07 Å². The van der Waals surface area contributed by atoms with E-state index in [0.717, 1.165) is 5.56 Å². The van der Waals surface area contributed by atoms with Crippen LogP contribution in [0.1, 0.15) is 19.4 Å². The van der Waals surface area contributed by atoms with Crippen LogP contribution in [-0.2, 0) is 15.6 Å². The van der Waals surface area contributed by atoms with Crippen molar-refractivity contribution in [3.63, 3.8) is 0 Å². The van der Waals surface area contributed by atoms with Gasteiger partial charge in [-0.25, -0.2) is 13.1 Å². The summed E-state index contributed by atoms with van der Waals surface area (Å²) in [4.78, 5) is 0.0775. The summed E-state index contributed by atoms with van der Waals surface area (Å²) in [7, 11) is 2.20. The lowest BCUT2D eigenvalue weighted by Gasteiger charge is -2.27. The minimum atomic E-state index is -3.82. The van der Waals surface area contributed by atoms with E-state index in [1.54, 1.807) is 45.2 Å². The standard InChI is InChI=1S/C19H25NO6S/c1-19(2,13-7-9-15(23-3)17(11-13)25-5)20-27(21,22)14-8-10-16(24-4)18(12-14)26-6/h7-12,20H,1-6H3. The molecule has 0 aliphatic rings. The number of ether oxygens (including phenoxy) is 4. The summed E-state index contributed by atoms with van der Waals surface area (Å²) in [5.41, 5.74) is -0.171. The molecule has 0 aliphatic carbocycles. The van der Waals surface area contributed by atoms with Crippen molar-refractivity contribution < 1.29 is 27.4 Å². The molecule has 0 aliphatic heterocycles. The lowest BCUT2D eigenvalue weighted by atomic mass is 9.95. The maximum absolute atomic E-state index is 12.9. The fourth-order valence-electron chi connectivity index (χ4n) is 2.66. The highest BCUT2D eigenvalue weighted by Crippen LogP contribution is 2.34. The van der Waals surface area contributed by atoms with Gasteiger partial charge in [0.1, 0.15) is 0 Å². The topological polar surface area (TPSA) is 83.1 Å². The number of sulfonamides is 1. The lowest BCUT2D eigenvalue weighted by Crippen LogP contribution is -2.40. The Kier molecular flexibility index (Phi) is 6.22. The SMILES string of the molecule is COc1ccc(C(C)(C)NS(=O)(=O)c2ccc(OC)c(OC)c2)cc1OC. The van der Waals surface area contributed by atoms with Crippen LogP contribution in [0.4, 0.5) is 0 Å². The van der Waals surface area contributed by atoms with Crippen molar-refractivity contribution in [2.75, 3.05) is 28.4 Å². The molecule has 1 N–H and O–H groups in total. The first-order chi connectivity index (χ1) is 12.7. The third kappa shape index (κ3) is 4.45. The van der Waals surface area contributed by atoms with E-state index in [4.69, 9.17) is 18.9 Å². The summed E-state index contributed by atoms with van der Waals surface area (Å²) < 4.78 is 49.4. The minimum absolute atomic E-state index is 0.0775. The van der Waals surface area contributed by atoms with E-state index in [2.05, 4.69) is 4.72 Å². The molecule has 27 heavy (non-hydrogen) atoms. The molecule has 2 rings (SSSR count). The maximum Gasteiger partial charge on any atom is 0.241 e. The molecule has 0 aromatic heterocycles. The van der Waals surface area contributed by atoms with Crippen molar-refractivity contribution in [3.8, 4) is 23.0 Å². The molecule has 0 fully saturated rings. The molecule has 148 valence electrons. The predicted octanol–water partition coefficient (Wildman–Crippen LogP) is 2.93. The summed E-state index contributed by atoms with van der Waals surface area (Å²) >= 11 is 0. The lowest BCUT2D eigenvalue weighted by molar-refractivity contribution is 0.352. The van der Waals surface area contributed by atoms with E-state index in [-0.39, 0.29) is 4.90 Å². The quantitative estimate of drug-likeness (QED) is 0.740. The monoisotopic (exact) mass is 395 g/mol. The Balaban J connectivity index is 2.38. The molecule has 2 aromatic rings. The molecular formula is C19H25NO6S. The van der Waals surface area contributed by atoms with Crippen LogP contribution >= 0.6 is 0 Å². The van der Waals surface area contributed by atoms with Crippen molar-refractivity contribution >= 4 is 10.0 Å². The molecule has 0 atom stereocenters. The largest absolute Gasteiger partial charge is 0.493 e. The molecule has 2 aromatic carbocycles. The Morgan fingerprint density at radius 2 is 1.22 bits per heavy atom. The third-order valence-corrected chi connectivity index (χ3v) is 5.81. The normalized spacial score (nSPS) is 11.8. The van der Waals surface area contributed by atoms with Crippen LogP contribution in [0.2, 0.25) is 0 Å². The van der Waals surface area contributed by atoms with Crippen molar-refractivity contribution in [3.05, 3.63) is 42.0 Å². The van der Waals surface area contributed by atoms with Gasteiger partial charge in [-0.3, -0.25) is 0 Å². The van der Waals surface area contributed by atoms with E-state index in [0.29, 0.717) is 23.0 Å². The first kappa shape index (κ1) is 20.9. The summed E-state index contributed by atoms with van der Waals surface area (Å²) in [6.45, 7) is 3.54. The van der Waals surface area contributed by atoms with Crippen molar-refractivity contribution in [2.45, 2.75) is 24.3 Å². The Labute approximate surface area is 160 Å². The Bertz CT molecular complexity index is 908. The van der Waals surface area contributed by atoms with Gasteiger partial charge in [0.15, 0.2) is 23.0 Å². The highest BCUT2D eigenvalue weighted by atomic mass is 32.2. The fraction of sp³-hybridized carbons (Fsp3) is 0.368. The molecule has 0 radical (unpaired) electrons. The number of methoxy groups -OCH3 is 4. The fourth-order valence-corrected chi connectivity index (χ4v) is 4.08. The molecular weight excluding hydrogens is 370 g/mol. The van der Waals surface area contributed by atoms with Gasteiger partial charge in [-0.05, 0) is 43.7 Å². The zero-order chi connectivity index (χ0) is 20.2. The van der Waals surface area contributed by atoms with Crippen LogP contribution in [0.15, 0.2) is 41.3 Å². The van der Waals surface area contributed by atoms with Gasteiger partial charge in [0, 0.05) is 6.07 Å². The molecule has 0 spiro atoms. The number of nitrogens with one attached hydrogen (secondary N) is 1. The summed E-state index contributed by atoms with van der Waals surface area (Å²) in [6, 6.07) is 9.71. The van der Waals surface area contributed by atoms with Crippen LogP contribution in [0, 0.1) is 0 Å². The second-order valence-corrected chi connectivity index (χ2v) is 8.00. The van der Waals surface area contributed by atoms with Gasteiger partial charge in [-0.2, -0.15) is 0 Å². The van der Waals surface area contributed by atoms with Crippen molar-refractivity contribution in [2.24, 2.45) is 0 Å². The van der Waals surface area contributed by atoms with E-state index in [1.807, 2.05) is 0 Å². The minimum Gasteiger partial charge on any atom is -0.493 e. The van der Waals surface area contributed by atoms with Gasteiger partial charge in [-0.15, -0.1) is 0 Å². The molecule has 0 amide bonds. The Hall–Kier alpha value is -2.45. The Morgan fingerprint density at radius 1 is 0.741 bits per heavy atom. The molecule has 0 saturated carbocycles. The number of benzene rings is 2. The van der Waals surface area contributed by atoms with Crippen LogP contribution < -0.4 is 23.7 Å². The number of hydrogen-bond donors (Lipinski definition) is 1. The molecule has 8 heteroatoms. The number of rotatable bonds is 8. The Morgan fingerprint density at radius 3 is 1.74 bits per heavy atom. The van der Waals surface area contributed by atoms with E-state index in [1.165, 1.54) is 33.5 Å². The maximum atomic E-state index is 12.9. The molecule has 0 saturated heterocycles. The molecule has 0 heterocycles.